The van der Waals surface area contributed by atoms with Crippen LogP contribution < -0.4 is 0 Å². The van der Waals surface area contributed by atoms with Crippen molar-refractivity contribution in [3.8, 4) is 0 Å². The molecule has 0 aliphatic heterocycles. The third-order valence-corrected chi connectivity index (χ3v) is 1.67. The molecule has 0 fully saturated rings. The molecule has 0 aromatic heterocycles. The van der Waals surface area contributed by atoms with Gasteiger partial charge in [0, 0.05) is 0 Å². The second-order valence-corrected chi connectivity index (χ2v) is 2.53. The van der Waals surface area contributed by atoms with Crippen LogP contribution >= 0.6 is 0 Å². The first-order chi connectivity index (χ1) is 5.58. The molecule has 4 heteroatoms. The van der Waals surface area contributed by atoms with Gasteiger partial charge in [-0.05, 0) is 6.08 Å². The Morgan fingerprint density at radius 1 is 1.50 bits per heavy atom. The van der Waals surface area contributed by atoms with Crippen molar-refractivity contribution in [2.24, 2.45) is 5.92 Å². The zero-order valence-corrected chi connectivity index (χ0v) is 6.60. The third kappa shape index (κ3) is 1.54. The van der Waals surface area contributed by atoms with Crippen LogP contribution in [-0.2, 0) is 9.53 Å². The number of hydrogen-bond acceptors (Lipinski definition) is 4. The van der Waals surface area contributed by atoms with Gasteiger partial charge in [0.25, 0.3) is 0 Å². The van der Waals surface area contributed by atoms with Crippen molar-refractivity contribution >= 4 is 5.97 Å². The predicted octanol–water partition coefficient (Wildman–Crippen LogP) is -0.418. The number of ether oxygens (including phenoxy) is 1. The molecule has 0 bridgehead atoms. The molecule has 0 amide bonds. The molecule has 4 nitrogen and oxygen atoms in total. The van der Waals surface area contributed by atoms with Crippen LogP contribution in [0, 0.1) is 5.92 Å². The van der Waals surface area contributed by atoms with Crippen LogP contribution in [0.15, 0.2) is 24.3 Å². The van der Waals surface area contributed by atoms with Crippen molar-refractivity contribution in [3.05, 3.63) is 24.3 Å². The van der Waals surface area contributed by atoms with E-state index in [1.54, 1.807) is 6.08 Å². The molecule has 2 N–H and O–H groups in total. The first kappa shape index (κ1) is 8.96. The van der Waals surface area contributed by atoms with Gasteiger partial charge in [-0.3, -0.25) is 4.79 Å². The minimum Gasteiger partial charge on any atom is -0.468 e. The lowest BCUT2D eigenvalue weighted by molar-refractivity contribution is -0.178. The van der Waals surface area contributed by atoms with Gasteiger partial charge in [0.15, 0.2) is 5.79 Å². The van der Waals surface area contributed by atoms with Gasteiger partial charge in [0.05, 0.1) is 7.11 Å². The maximum atomic E-state index is 11.0. The Morgan fingerprint density at radius 3 is 2.67 bits per heavy atom. The lowest BCUT2D eigenvalue weighted by Gasteiger charge is -2.25. The molecule has 0 saturated carbocycles. The number of aliphatic hydroxyl groups is 2. The lowest BCUT2D eigenvalue weighted by Crippen LogP contribution is -2.40. The van der Waals surface area contributed by atoms with Gasteiger partial charge in [0.2, 0.25) is 0 Å². The van der Waals surface area contributed by atoms with Crippen LogP contribution in [-0.4, -0.2) is 29.1 Å². The van der Waals surface area contributed by atoms with E-state index in [1.165, 1.54) is 19.3 Å². The molecule has 1 atom stereocenters. The van der Waals surface area contributed by atoms with Crippen molar-refractivity contribution in [1.82, 2.24) is 0 Å². The molecule has 66 valence electrons. The fourth-order valence-corrected chi connectivity index (χ4v) is 0.997. The van der Waals surface area contributed by atoms with Gasteiger partial charge >= 0.3 is 5.97 Å². The smallest absolute Gasteiger partial charge is 0.318 e. The van der Waals surface area contributed by atoms with Crippen molar-refractivity contribution in [3.63, 3.8) is 0 Å². The fraction of sp³-hybridized carbons (Fsp3) is 0.375. The Morgan fingerprint density at radius 2 is 2.17 bits per heavy atom. The normalized spacial score (nSPS) is 25.4. The molecule has 0 spiro atoms. The van der Waals surface area contributed by atoms with E-state index in [-0.39, 0.29) is 0 Å². The van der Waals surface area contributed by atoms with Crippen LogP contribution in [0.5, 0.6) is 0 Å². The van der Waals surface area contributed by atoms with Crippen LogP contribution in [0.3, 0.4) is 0 Å². The molecular formula is C8H10O4. The third-order valence-electron chi connectivity index (χ3n) is 1.67. The second kappa shape index (κ2) is 3.08. The van der Waals surface area contributed by atoms with E-state index < -0.39 is 17.7 Å². The minimum atomic E-state index is -2.12. The highest BCUT2D eigenvalue weighted by molar-refractivity contribution is 5.76. The summed E-state index contributed by atoms with van der Waals surface area (Å²) in [4.78, 5) is 11.0. The Hall–Kier alpha value is -1.13. The SMILES string of the molecule is COC(=O)C1C=CC=CC1(O)O. The Bertz CT molecular complexity index is 239. The molecule has 1 rings (SSSR count). The van der Waals surface area contributed by atoms with Gasteiger partial charge in [-0.15, -0.1) is 0 Å². The Kier molecular flexibility index (Phi) is 2.30. The van der Waals surface area contributed by atoms with E-state index in [0.29, 0.717) is 0 Å². The van der Waals surface area contributed by atoms with Crippen molar-refractivity contribution in [2.75, 3.05) is 7.11 Å². The topological polar surface area (TPSA) is 66.8 Å². The van der Waals surface area contributed by atoms with Gasteiger partial charge in [-0.1, -0.05) is 18.2 Å². The van der Waals surface area contributed by atoms with E-state index in [9.17, 15) is 15.0 Å². The van der Waals surface area contributed by atoms with Crippen molar-refractivity contribution in [2.45, 2.75) is 5.79 Å². The van der Waals surface area contributed by atoms with Gasteiger partial charge < -0.3 is 14.9 Å². The summed E-state index contributed by atoms with van der Waals surface area (Å²) in [6, 6.07) is 0. The summed E-state index contributed by atoms with van der Waals surface area (Å²) in [7, 11) is 1.20. The van der Waals surface area contributed by atoms with Gasteiger partial charge in [-0.2, -0.15) is 0 Å². The highest BCUT2D eigenvalue weighted by atomic mass is 16.5. The Balaban J connectivity index is 2.84. The average molecular weight is 170 g/mol. The van der Waals surface area contributed by atoms with Crippen LogP contribution in [0.1, 0.15) is 0 Å². The fourth-order valence-electron chi connectivity index (χ4n) is 0.997. The molecule has 1 aliphatic rings. The molecule has 0 aromatic rings. The predicted molar refractivity (Wildman–Crippen MR) is 41.0 cm³/mol. The van der Waals surface area contributed by atoms with Crippen LogP contribution in [0.2, 0.25) is 0 Å². The summed E-state index contributed by atoms with van der Waals surface area (Å²) in [5.41, 5.74) is 0. The lowest BCUT2D eigenvalue weighted by atomic mass is 9.94. The van der Waals surface area contributed by atoms with Crippen molar-refractivity contribution in [1.29, 1.82) is 0 Å². The average Bonchev–Trinajstić information content (AvgIpc) is 2.02. The zero-order valence-electron chi connectivity index (χ0n) is 6.60. The number of carbonyl (C=O) groups excluding carboxylic acids is 1. The highest BCUT2D eigenvalue weighted by Crippen LogP contribution is 2.22. The van der Waals surface area contributed by atoms with E-state index in [4.69, 9.17) is 0 Å². The standard InChI is InChI=1S/C8H10O4/c1-12-7(9)6-4-2-3-5-8(6,10)11/h2-6,10-11H,1H3. The highest BCUT2D eigenvalue weighted by Gasteiger charge is 2.37. The largest absolute Gasteiger partial charge is 0.468 e. The number of esters is 1. The second-order valence-electron chi connectivity index (χ2n) is 2.53. The monoisotopic (exact) mass is 170 g/mol. The van der Waals surface area contributed by atoms with Crippen LogP contribution in [0.4, 0.5) is 0 Å². The van der Waals surface area contributed by atoms with Crippen LogP contribution in [0.25, 0.3) is 0 Å². The van der Waals surface area contributed by atoms with E-state index >= 15 is 0 Å². The van der Waals surface area contributed by atoms with E-state index in [0.717, 1.165) is 6.08 Å². The summed E-state index contributed by atoms with van der Waals surface area (Å²) >= 11 is 0. The zero-order chi connectivity index (χ0) is 9.19. The van der Waals surface area contributed by atoms with E-state index in [1.807, 2.05) is 0 Å². The molecule has 0 aromatic carbocycles. The molecule has 0 saturated heterocycles. The summed E-state index contributed by atoms with van der Waals surface area (Å²) in [6.45, 7) is 0. The molecule has 1 aliphatic carbocycles. The van der Waals surface area contributed by atoms with Gasteiger partial charge in [-0.25, -0.2) is 0 Å². The molecular weight excluding hydrogens is 160 g/mol. The molecule has 1 unspecified atom stereocenters. The van der Waals surface area contributed by atoms with E-state index in [2.05, 4.69) is 4.74 Å². The number of hydrogen-bond donors (Lipinski definition) is 2. The first-order valence-corrected chi connectivity index (χ1v) is 3.46. The summed E-state index contributed by atoms with van der Waals surface area (Å²) < 4.78 is 4.38. The van der Waals surface area contributed by atoms with Gasteiger partial charge in [0.1, 0.15) is 5.92 Å². The Labute approximate surface area is 69.8 Å². The number of carbonyl (C=O) groups is 1. The maximum absolute atomic E-state index is 11.0. The first-order valence-electron chi connectivity index (χ1n) is 3.46. The van der Waals surface area contributed by atoms with Crippen molar-refractivity contribution < 1.29 is 19.7 Å². The summed E-state index contributed by atoms with van der Waals surface area (Å²) in [6.07, 6.45) is 5.53. The molecule has 12 heavy (non-hydrogen) atoms. The number of methoxy groups -OCH3 is 1. The molecule has 0 heterocycles. The minimum absolute atomic E-state index is 0.666. The maximum Gasteiger partial charge on any atom is 0.318 e. The number of allylic oxidation sites excluding steroid dienone is 2. The number of rotatable bonds is 1. The quantitative estimate of drug-likeness (QED) is 0.414. The summed E-state index contributed by atoms with van der Waals surface area (Å²) in [5.74, 6) is -3.82. The molecule has 0 radical (unpaired) electrons. The summed E-state index contributed by atoms with van der Waals surface area (Å²) in [5, 5.41) is 18.5.